The predicted octanol–water partition coefficient (Wildman–Crippen LogP) is 4.57. The van der Waals surface area contributed by atoms with Gasteiger partial charge in [-0.25, -0.2) is 9.97 Å². The first-order valence-electron chi connectivity index (χ1n) is 5.59. The quantitative estimate of drug-likeness (QED) is 0.505. The number of thiazole rings is 2. The van der Waals surface area contributed by atoms with Crippen molar-refractivity contribution in [1.29, 1.82) is 0 Å². The van der Waals surface area contributed by atoms with Crippen LogP contribution in [-0.4, -0.2) is 9.97 Å². The van der Waals surface area contributed by atoms with Gasteiger partial charge in [0.15, 0.2) is 0 Å². The van der Waals surface area contributed by atoms with Crippen molar-refractivity contribution in [3.8, 4) is 10.6 Å². The van der Waals surface area contributed by atoms with Crippen LogP contribution >= 0.6 is 22.7 Å². The van der Waals surface area contributed by atoms with Crippen LogP contribution in [0.3, 0.4) is 0 Å². The summed E-state index contributed by atoms with van der Waals surface area (Å²) in [5.74, 6) is 0. The molecule has 0 bridgehead atoms. The van der Waals surface area contributed by atoms with E-state index in [1.165, 1.54) is 15.0 Å². The molecule has 4 rings (SSSR count). The molecule has 0 N–H and O–H groups in total. The first kappa shape index (κ1) is 10.2. The van der Waals surface area contributed by atoms with Crippen LogP contribution in [0.2, 0.25) is 0 Å². The van der Waals surface area contributed by atoms with Crippen molar-refractivity contribution >= 4 is 43.1 Å². The largest absolute Gasteiger partial charge is 0.245 e. The van der Waals surface area contributed by atoms with Gasteiger partial charge in [-0.15, -0.1) is 22.7 Å². The summed E-state index contributed by atoms with van der Waals surface area (Å²) in [5.41, 5.74) is 5.14. The molecule has 0 saturated heterocycles. The monoisotopic (exact) mass is 268 g/mol. The fourth-order valence-corrected chi connectivity index (χ4v) is 3.75. The van der Waals surface area contributed by atoms with E-state index < -0.39 is 0 Å². The normalized spacial score (nSPS) is 11.3. The van der Waals surface area contributed by atoms with Crippen LogP contribution in [-0.2, 0) is 0 Å². The minimum atomic E-state index is 1.04. The van der Waals surface area contributed by atoms with Gasteiger partial charge in [0.1, 0.15) is 5.01 Å². The van der Waals surface area contributed by atoms with E-state index in [4.69, 9.17) is 4.98 Å². The van der Waals surface area contributed by atoms with Gasteiger partial charge in [0.05, 0.1) is 25.9 Å². The molecule has 0 spiro atoms. The Kier molecular flexibility index (Phi) is 2.18. The van der Waals surface area contributed by atoms with Crippen LogP contribution in [0.15, 0.2) is 48.0 Å². The molecule has 2 nitrogen and oxygen atoms in total. The maximum Gasteiger partial charge on any atom is 0.124 e. The number of nitrogens with zero attached hydrogens (tertiary/aromatic N) is 2. The third kappa shape index (κ3) is 1.54. The van der Waals surface area contributed by atoms with E-state index in [1.54, 1.807) is 22.7 Å². The van der Waals surface area contributed by atoms with Crippen molar-refractivity contribution in [3.63, 3.8) is 0 Å². The Bertz CT molecular complexity index is 783. The number of fused-ring (bicyclic) bond motifs is 2. The minimum Gasteiger partial charge on any atom is -0.245 e. The van der Waals surface area contributed by atoms with Crippen molar-refractivity contribution in [2.45, 2.75) is 0 Å². The van der Waals surface area contributed by atoms with E-state index in [2.05, 4.69) is 29.2 Å². The third-order valence-electron chi connectivity index (χ3n) is 2.86. The Hall–Kier alpha value is -1.78. The van der Waals surface area contributed by atoms with E-state index in [-0.39, 0.29) is 0 Å². The van der Waals surface area contributed by atoms with Gasteiger partial charge in [-0.1, -0.05) is 30.3 Å². The first-order chi connectivity index (χ1) is 8.90. The lowest BCUT2D eigenvalue weighted by Gasteiger charge is -1.92. The summed E-state index contributed by atoms with van der Waals surface area (Å²) < 4.78 is 2.45. The molecule has 0 unspecified atom stereocenters. The molecule has 2 heterocycles. The highest BCUT2D eigenvalue weighted by Crippen LogP contribution is 2.33. The Labute approximate surface area is 112 Å². The van der Waals surface area contributed by atoms with Gasteiger partial charge in [0.2, 0.25) is 0 Å². The van der Waals surface area contributed by atoms with E-state index >= 15 is 0 Å². The molecule has 0 radical (unpaired) electrons. The highest BCUT2D eigenvalue weighted by molar-refractivity contribution is 7.22. The summed E-state index contributed by atoms with van der Waals surface area (Å²) in [4.78, 5) is 9.03. The lowest BCUT2D eigenvalue weighted by Crippen LogP contribution is -1.74. The van der Waals surface area contributed by atoms with E-state index in [1.807, 2.05) is 23.7 Å². The predicted molar refractivity (Wildman–Crippen MR) is 78.2 cm³/mol. The van der Waals surface area contributed by atoms with Gasteiger partial charge in [0.25, 0.3) is 0 Å². The average Bonchev–Trinajstić information content (AvgIpc) is 3.01. The first-order valence-corrected chi connectivity index (χ1v) is 7.29. The third-order valence-corrected chi connectivity index (χ3v) is 4.72. The molecule has 18 heavy (non-hydrogen) atoms. The summed E-state index contributed by atoms with van der Waals surface area (Å²) in [6.45, 7) is 0. The maximum absolute atomic E-state index is 4.70. The summed E-state index contributed by atoms with van der Waals surface area (Å²) in [6.07, 6.45) is 0. The molecule has 0 atom stereocenters. The Balaban J connectivity index is 1.98. The van der Waals surface area contributed by atoms with Crippen LogP contribution in [0, 0.1) is 0 Å². The molecule has 0 aliphatic carbocycles. The van der Waals surface area contributed by atoms with Crippen molar-refractivity contribution < 1.29 is 0 Å². The van der Waals surface area contributed by atoms with Crippen molar-refractivity contribution in [3.05, 3.63) is 48.0 Å². The zero-order valence-corrected chi connectivity index (χ0v) is 11.0. The van der Waals surface area contributed by atoms with E-state index in [9.17, 15) is 0 Å². The molecular formula is C14H8N2S2. The molecule has 0 amide bonds. The smallest absolute Gasteiger partial charge is 0.124 e. The zero-order chi connectivity index (χ0) is 11.9. The molecule has 0 fully saturated rings. The topological polar surface area (TPSA) is 25.8 Å². The number of rotatable bonds is 1. The molecule has 4 heteroatoms. The fourth-order valence-electron chi connectivity index (χ4n) is 1.98. The van der Waals surface area contributed by atoms with Gasteiger partial charge >= 0.3 is 0 Å². The summed E-state index contributed by atoms with van der Waals surface area (Å²) >= 11 is 3.41. The molecule has 2 aromatic heterocycles. The van der Waals surface area contributed by atoms with Crippen LogP contribution in [0.4, 0.5) is 0 Å². The number of hydrogen-bond donors (Lipinski definition) is 0. The molecule has 0 aliphatic heterocycles. The molecular weight excluding hydrogens is 260 g/mol. The van der Waals surface area contributed by atoms with E-state index in [0.29, 0.717) is 0 Å². The molecule has 2 aromatic carbocycles. The minimum absolute atomic E-state index is 1.04. The zero-order valence-electron chi connectivity index (χ0n) is 9.33. The summed E-state index contributed by atoms with van der Waals surface area (Å²) in [5, 5.41) is 1.07. The number of benzene rings is 2. The number of aromatic nitrogens is 2. The highest BCUT2D eigenvalue weighted by atomic mass is 32.1. The molecule has 0 saturated carbocycles. The second-order valence-corrected chi connectivity index (χ2v) is 5.94. The lowest BCUT2D eigenvalue weighted by atomic mass is 10.2. The summed E-state index contributed by atoms with van der Waals surface area (Å²) in [6, 6.07) is 14.6. The van der Waals surface area contributed by atoms with Gasteiger partial charge in [-0.2, -0.15) is 0 Å². The second-order valence-electron chi connectivity index (χ2n) is 4.03. The van der Waals surface area contributed by atoms with Crippen molar-refractivity contribution in [1.82, 2.24) is 9.97 Å². The highest BCUT2D eigenvalue weighted by Gasteiger charge is 2.08. The van der Waals surface area contributed by atoms with Crippen LogP contribution in [0.25, 0.3) is 31.0 Å². The van der Waals surface area contributed by atoms with Crippen LogP contribution in [0.5, 0.6) is 0 Å². The van der Waals surface area contributed by atoms with Crippen molar-refractivity contribution in [2.75, 3.05) is 0 Å². The maximum atomic E-state index is 4.70. The standard InChI is InChI=1S/C14H8N2S2/c1-2-4-9(5-3-1)14-16-11-6-10-12(17-8-15-10)7-13(11)18-14/h1-8H. The average molecular weight is 268 g/mol. The van der Waals surface area contributed by atoms with Gasteiger partial charge in [-0.05, 0) is 12.1 Å². The molecule has 86 valence electrons. The summed E-state index contributed by atoms with van der Waals surface area (Å²) in [7, 11) is 0. The fraction of sp³-hybridized carbons (Fsp3) is 0. The van der Waals surface area contributed by atoms with Crippen LogP contribution < -0.4 is 0 Å². The van der Waals surface area contributed by atoms with Gasteiger partial charge in [0, 0.05) is 5.56 Å². The Morgan fingerprint density at radius 2 is 1.78 bits per heavy atom. The van der Waals surface area contributed by atoms with Gasteiger partial charge in [-0.3, -0.25) is 0 Å². The lowest BCUT2D eigenvalue weighted by molar-refractivity contribution is 1.46. The number of hydrogen-bond acceptors (Lipinski definition) is 4. The SMILES string of the molecule is c1ccc(-c2nc3cc4ncsc4cc3s2)cc1. The van der Waals surface area contributed by atoms with Crippen molar-refractivity contribution in [2.24, 2.45) is 0 Å². The molecule has 4 aromatic rings. The van der Waals surface area contributed by atoms with Gasteiger partial charge < -0.3 is 0 Å². The second kappa shape index (κ2) is 3.86. The van der Waals surface area contributed by atoms with Crippen LogP contribution in [0.1, 0.15) is 0 Å². The van der Waals surface area contributed by atoms with E-state index in [0.717, 1.165) is 16.0 Å². The molecule has 0 aliphatic rings. The Morgan fingerprint density at radius 3 is 2.67 bits per heavy atom. The Morgan fingerprint density at radius 1 is 0.889 bits per heavy atom.